The summed E-state index contributed by atoms with van der Waals surface area (Å²) in [6.45, 7) is 2.86. The van der Waals surface area contributed by atoms with Gasteiger partial charge in [0.25, 0.3) is 0 Å². The minimum absolute atomic E-state index is 0.727. The van der Waals surface area contributed by atoms with Gasteiger partial charge in [-0.05, 0) is 58.2 Å². The molecule has 0 radical (unpaired) electrons. The predicted octanol–water partition coefficient (Wildman–Crippen LogP) is 5.79. The summed E-state index contributed by atoms with van der Waals surface area (Å²) in [7, 11) is 0. The van der Waals surface area contributed by atoms with Crippen LogP contribution in [0, 0.1) is 6.92 Å². The van der Waals surface area contributed by atoms with Crippen LogP contribution in [-0.2, 0) is 6.54 Å². The lowest BCUT2D eigenvalue weighted by atomic mass is 10.1. The lowest BCUT2D eigenvalue weighted by Crippen LogP contribution is -2.00. The van der Waals surface area contributed by atoms with Gasteiger partial charge >= 0.3 is 0 Å². The van der Waals surface area contributed by atoms with Crippen molar-refractivity contribution < 1.29 is 0 Å². The van der Waals surface area contributed by atoms with E-state index in [0.29, 0.717) is 0 Å². The van der Waals surface area contributed by atoms with Gasteiger partial charge in [0.2, 0.25) is 0 Å². The highest BCUT2D eigenvalue weighted by molar-refractivity contribution is 9.10. The van der Waals surface area contributed by atoms with E-state index in [0.717, 1.165) is 26.2 Å². The molecule has 1 nitrogen and oxygen atoms in total. The first-order chi connectivity index (χ1) is 8.56. The fourth-order valence-electron chi connectivity index (χ4n) is 1.58. The molecule has 2 aromatic carbocycles. The van der Waals surface area contributed by atoms with Crippen LogP contribution < -0.4 is 5.32 Å². The molecular formula is C14H12Br2ClN. The zero-order valence-electron chi connectivity index (χ0n) is 9.81. The Hall–Kier alpha value is -0.510. The van der Waals surface area contributed by atoms with Gasteiger partial charge < -0.3 is 5.32 Å². The number of aryl methyl sites for hydroxylation is 1. The van der Waals surface area contributed by atoms with Crippen LogP contribution in [-0.4, -0.2) is 0 Å². The van der Waals surface area contributed by atoms with Gasteiger partial charge in [0.05, 0.1) is 0 Å². The molecule has 0 bridgehead atoms. The number of rotatable bonds is 3. The topological polar surface area (TPSA) is 12.0 Å². The molecule has 4 heteroatoms. The maximum Gasteiger partial charge on any atom is 0.0488 e. The number of nitrogens with one attached hydrogen (secondary N) is 1. The van der Waals surface area contributed by atoms with Crippen LogP contribution >= 0.6 is 43.5 Å². The summed E-state index contributed by atoms with van der Waals surface area (Å²) in [4.78, 5) is 0. The van der Waals surface area contributed by atoms with Gasteiger partial charge in [-0.2, -0.15) is 0 Å². The lowest BCUT2D eigenvalue weighted by Gasteiger charge is -2.10. The van der Waals surface area contributed by atoms with E-state index >= 15 is 0 Å². The van der Waals surface area contributed by atoms with Crippen LogP contribution in [0.15, 0.2) is 45.3 Å². The standard InChI is InChI=1S/C14H12Br2ClN/c1-9-2-3-10(6-12(9)15)8-18-14-5-4-11(17)7-13(14)16/h2-7,18H,8H2,1H3. The molecule has 0 atom stereocenters. The molecular weight excluding hydrogens is 377 g/mol. The molecule has 0 saturated heterocycles. The van der Waals surface area contributed by atoms with Crippen molar-refractivity contribution in [3.63, 3.8) is 0 Å². The SMILES string of the molecule is Cc1ccc(CNc2ccc(Cl)cc2Br)cc1Br. The minimum Gasteiger partial charge on any atom is -0.380 e. The van der Waals surface area contributed by atoms with Gasteiger partial charge in [0, 0.05) is 26.2 Å². The highest BCUT2D eigenvalue weighted by Crippen LogP contribution is 2.26. The van der Waals surface area contributed by atoms with Crippen LogP contribution in [0.5, 0.6) is 0 Å². The quantitative estimate of drug-likeness (QED) is 0.701. The lowest BCUT2D eigenvalue weighted by molar-refractivity contribution is 1.14. The molecule has 18 heavy (non-hydrogen) atoms. The van der Waals surface area contributed by atoms with E-state index in [4.69, 9.17) is 11.6 Å². The van der Waals surface area contributed by atoms with Crippen molar-refractivity contribution >= 4 is 49.1 Å². The minimum atomic E-state index is 0.727. The summed E-state index contributed by atoms with van der Waals surface area (Å²) in [5.41, 5.74) is 3.51. The first kappa shape index (κ1) is 13.9. The fourth-order valence-corrected chi connectivity index (χ4v) is 2.83. The van der Waals surface area contributed by atoms with Crippen molar-refractivity contribution in [1.29, 1.82) is 0 Å². The second-order valence-corrected chi connectivity index (χ2v) is 6.21. The van der Waals surface area contributed by atoms with Crippen LogP contribution in [0.1, 0.15) is 11.1 Å². The first-order valence-electron chi connectivity index (χ1n) is 5.50. The number of hydrogen-bond acceptors (Lipinski definition) is 1. The van der Waals surface area contributed by atoms with E-state index in [1.54, 1.807) is 0 Å². The number of halogens is 3. The molecule has 0 heterocycles. The summed E-state index contributed by atoms with van der Waals surface area (Å²) in [5, 5.41) is 4.10. The highest BCUT2D eigenvalue weighted by atomic mass is 79.9. The molecule has 1 N–H and O–H groups in total. The van der Waals surface area contributed by atoms with Gasteiger partial charge in [0.1, 0.15) is 0 Å². The Morgan fingerprint density at radius 3 is 2.50 bits per heavy atom. The Labute approximate surface area is 129 Å². The molecule has 94 valence electrons. The van der Waals surface area contributed by atoms with Crippen molar-refractivity contribution in [2.24, 2.45) is 0 Å². The average molecular weight is 390 g/mol. The fraction of sp³-hybridized carbons (Fsp3) is 0.143. The van der Waals surface area contributed by atoms with Gasteiger partial charge in [-0.1, -0.05) is 39.7 Å². The van der Waals surface area contributed by atoms with Crippen LogP contribution in [0.2, 0.25) is 5.02 Å². The van der Waals surface area contributed by atoms with E-state index in [9.17, 15) is 0 Å². The Balaban J connectivity index is 2.09. The second kappa shape index (κ2) is 6.09. The molecule has 2 rings (SSSR count). The van der Waals surface area contributed by atoms with E-state index in [2.05, 4.69) is 62.3 Å². The first-order valence-corrected chi connectivity index (χ1v) is 7.46. The van der Waals surface area contributed by atoms with E-state index in [-0.39, 0.29) is 0 Å². The summed E-state index contributed by atoms with van der Waals surface area (Å²) in [6, 6.07) is 12.1. The molecule has 0 aliphatic carbocycles. The van der Waals surface area contributed by atoms with Crippen molar-refractivity contribution in [3.8, 4) is 0 Å². The van der Waals surface area contributed by atoms with Crippen molar-refractivity contribution in [2.75, 3.05) is 5.32 Å². The van der Waals surface area contributed by atoms with Gasteiger partial charge in [-0.15, -0.1) is 0 Å². The molecule has 0 fully saturated rings. The third-order valence-corrected chi connectivity index (χ3v) is 4.40. The van der Waals surface area contributed by atoms with E-state index in [1.165, 1.54) is 11.1 Å². The van der Waals surface area contributed by atoms with Gasteiger partial charge in [0.15, 0.2) is 0 Å². The maximum atomic E-state index is 5.91. The normalized spacial score (nSPS) is 10.4. The summed E-state index contributed by atoms with van der Waals surface area (Å²) in [6.07, 6.45) is 0. The van der Waals surface area contributed by atoms with Crippen molar-refractivity contribution in [3.05, 3.63) is 61.5 Å². The van der Waals surface area contributed by atoms with Crippen molar-refractivity contribution in [1.82, 2.24) is 0 Å². The molecule has 0 aliphatic rings. The molecule has 0 aromatic heterocycles. The summed E-state index contributed by atoms with van der Waals surface area (Å²) in [5.74, 6) is 0. The Morgan fingerprint density at radius 1 is 1.06 bits per heavy atom. The Bertz CT molecular complexity index is 570. The van der Waals surface area contributed by atoms with Crippen LogP contribution in [0.3, 0.4) is 0 Å². The monoisotopic (exact) mass is 387 g/mol. The molecule has 0 amide bonds. The van der Waals surface area contributed by atoms with Gasteiger partial charge in [-0.3, -0.25) is 0 Å². The molecule has 0 aliphatic heterocycles. The molecule has 0 saturated carbocycles. The zero-order chi connectivity index (χ0) is 13.1. The second-order valence-electron chi connectivity index (χ2n) is 4.06. The maximum absolute atomic E-state index is 5.91. The Morgan fingerprint density at radius 2 is 1.83 bits per heavy atom. The third kappa shape index (κ3) is 3.50. The highest BCUT2D eigenvalue weighted by Gasteiger charge is 2.01. The summed E-state index contributed by atoms with van der Waals surface area (Å²) < 4.78 is 2.11. The molecule has 2 aromatic rings. The van der Waals surface area contributed by atoms with E-state index < -0.39 is 0 Å². The van der Waals surface area contributed by atoms with Crippen LogP contribution in [0.4, 0.5) is 5.69 Å². The number of hydrogen-bond donors (Lipinski definition) is 1. The molecule has 0 spiro atoms. The zero-order valence-corrected chi connectivity index (χ0v) is 13.7. The third-order valence-electron chi connectivity index (χ3n) is 2.65. The predicted molar refractivity (Wildman–Crippen MR) is 85.4 cm³/mol. The average Bonchev–Trinajstić information content (AvgIpc) is 2.32. The smallest absolute Gasteiger partial charge is 0.0488 e. The van der Waals surface area contributed by atoms with E-state index in [1.807, 2.05) is 18.2 Å². The Kier molecular flexibility index (Phi) is 4.71. The van der Waals surface area contributed by atoms with Crippen molar-refractivity contribution in [2.45, 2.75) is 13.5 Å². The number of benzene rings is 2. The largest absolute Gasteiger partial charge is 0.380 e. The van der Waals surface area contributed by atoms with Crippen LogP contribution in [0.25, 0.3) is 0 Å². The summed E-state index contributed by atoms with van der Waals surface area (Å²) >= 11 is 12.9. The number of anilines is 1. The molecule has 0 unspecified atom stereocenters. The van der Waals surface area contributed by atoms with Gasteiger partial charge in [-0.25, -0.2) is 0 Å².